The van der Waals surface area contributed by atoms with Crippen LogP contribution in [0.3, 0.4) is 0 Å². The van der Waals surface area contributed by atoms with Gasteiger partial charge in [-0.3, -0.25) is 0 Å². The highest BCUT2D eigenvalue weighted by atomic mass is 32.2. The molecule has 0 aromatic heterocycles. The van der Waals surface area contributed by atoms with Crippen molar-refractivity contribution in [3.63, 3.8) is 0 Å². The van der Waals surface area contributed by atoms with Crippen molar-refractivity contribution in [1.82, 2.24) is 9.31 Å². The molecule has 1 saturated carbocycles. The zero-order valence-electron chi connectivity index (χ0n) is 16.6. The minimum absolute atomic E-state index is 0.0584. The van der Waals surface area contributed by atoms with Crippen LogP contribution in [0.2, 0.25) is 0 Å². The number of amides is 1. The highest BCUT2D eigenvalue weighted by molar-refractivity contribution is 7.90. The van der Waals surface area contributed by atoms with Crippen molar-refractivity contribution in [2.45, 2.75) is 56.2 Å². The van der Waals surface area contributed by atoms with Crippen molar-refractivity contribution < 1.29 is 26.7 Å². The monoisotopic (exact) mass is 430 g/mol. The third kappa shape index (κ3) is 3.57. The standard InChI is InChI=1S/C18H24F2N4O4S/c1-17(2,3)28-16(25)24(21)15-22-18(12-7-5-6-8-13(12)20)10-11(19)9-14(18)29(26,27)23(15)4/h5-8,11,14H,9-10,21H2,1-4H3. The van der Waals surface area contributed by atoms with Crippen molar-refractivity contribution in [2.24, 2.45) is 10.8 Å². The van der Waals surface area contributed by atoms with Gasteiger partial charge in [0.2, 0.25) is 16.0 Å². The highest BCUT2D eigenvalue weighted by Crippen LogP contribution is 2.50. The summed E-state index contributed by atoms with van der Waals surface area (Å²) in [5.41, 5.74) is -2.70. The van der Waals surface area contributed by atoms with Crippen LogP contribution in [0.1, 0.15) is 39.2 Å². The number of aliphatic imine (C=N–C) groups is 1. The van der Waals surface area contributed by atoms with Gasteiger partial charge in [0, 0.05) is 19.0 Å². The van der Waals surface area contributed by atoms with Crippen molar-refractivity contribution in [2.75, 3.05) is 7.05 Å². The smallest absolute Gasteiger partial charge is 0.431 e. The maximum Gasteiger partial charge on any atom is 0.431 e. The summed E-state index contributed by atoms with van der Waals surface area (Å²) in [5.74, 6) is 4.66. The van der Waals surface area contributed by atoms with Crippen molar-refractivity contribution in [3.8, 4) is 0 Å². The molecule has 0 radical (unpaired) electrons. The Kier molecular flexibility index (Phi) is 5.11. The lowest BCUT2D eigenvalue weighted by Crippen LogP contribution is -2.60. The molecule has 0 bridgehead atoms. The van der Waals surface area contributed by atoms with E-state index in [9.17, 15) is 22.0 Å². The maximum atomic E-state index is 14.7. The van der Waals surface area contributed by atoms with Gasteiger partial charge in [0.25, 0.3) is 0 Å². The molecule has 1 heterocycles. The molecule has 1 aromatic rings. The van der Waals surface area contributed by atoms with E-state index in [0.717, 1.165) is 17.4 Å². The van der Waals surface area contributed by atoms with Gasteiger partial charge in [-0.15, -0.1) is 0 Å². The van der Waals surface area contributed by atoms with Crippen molar-refractivity contribution in [3.05, 3.63) is 35.6 Å². The molecule has 2 N–H and O–H groups in total. The summed E-state index contributed by atoms with van der Waals surface area (Å²) in [4.78, 5) is 16.8. The van der Waals surface area contributed by atoms with Crippen LogP contribution in [-0.2, 0) is 20.3 Å². The fourth-order valence-electron chi connectivity index (χ4n) is 3.77. The number of rotatable bonds is 1. The van der Waals surface area contributed by atoms with Gasteiger partial charge < -0.3 is 4.74 Å². The fourth-order valence-corrected chi connectivity index (χ4v) is 5.73. The Bertz CT molecular complexity index is 963. The van der Waals surface area contributed by atoms with Gasteiger partial charge >= 0.3 is 6.09 Å². The second kappa shape index (κ2) is 6.91. The number of nitrogens with two attached hydrogens (primary N) is 1. The Labute approximate surface area is 168 Å². The lowest BCUT2D eigenvalue weighted by molar-refractivity contribution is 0.0354. The van der Waals surface area contributed by atoms with E-state index in [0.29, 0.717) is 5.01 Å². The van der Waals surface area contributed by atoms with Crippen molar-refractivity contribution >= 4 is 22.1 Å². The molecule has 1 fully saturated rings. The van der Waals surface area contributed by atoms with E-state index < -0.39 is 50.5 Å². The largest absolute Gasteiger partial charge is 0.442 e. The summed E-state index contributed by atoms with van der Waals surface area (Å²) in [6.07, 6.45) is -3.25. The van der Waals surface area contributed by atoms with Gasteiger partial charge in [-0.2, -0.15) is 5.01 Å². The minimum atomic E-state index is -4.20. The number of carbonyl (C=O) groups excluding carboxylic acids is 1. The number of carbonyl (C=O) groups is 1. The first-order valence-corrected chi connectivity index (χ1v) is 10.5. The molecule has 1 aliphatic carbocycles. The van der Waals surface area contributed by atoms with Crippen molar-refractivity contribution in [1.29, 1.82) is 0 Å². The number of hydrogen-bond donors (Lipinski definition) is 1. The lowest BCUT2D eigenvalue weighted by Gasteiger charge is -2.41. The predicted molar refractivity (Wildman–Crippen MR) is 102 cm³/mol. The quantitative estimate of drug-likeness (QED) is 0.418. The first-order valence-electron chi connectivity index (χ1n) is 9.04. The van der Waals surface area contributed by atoms with Crippen LogP contribution in [0.25, 0.3) is 0 Å². The predicted octanol–water partition coefficient (Wildman–Crippen LogP) is 2.26. The molecule has 3 atom stereocenters. The van der Waals surface area contributed by atoms with Crippen LogP contribution in [0, 0.1) is 5.82 Å². The number of hydrogen-bond acceptors (Lipinski definition) is 6. The topological polar surface area (TPSA) is 105 Å². The molecular weight excluding hydrogens is 406 g/mol. The number of sulfonamides is 1. The number of ether oxygens (including phenoxy) is 1. The van der Waals surface area contributed by atoms with E-state index in [1.807, 2.05) is 0 Å². The molecule has 3 unspecified atom stereocenters. The molecule has 8 nitrogen and oxygen atoms in total. The normalized spacial score (nSPS) is 28.5. The van der Waals surface area contributed by atoms with Crippen LogP contribution in [-0.4, -0.2) is 53.9 Å². The van der Waals surface area contributed by atoms with E-state index in [1.54, 1.807) is 20.8 Å². The summed E-state index contributed by atoms with van der Waals surface area (Å²) in [6.45, 7) is 4.84. The third-order valence-corrected chi connectivity index (χ3v) is 7.23. The van der Waals surface area contributed by atoms with E-state index in [1.165, 1.54) is 18.2 Å². The minimum Gasteiger partial charge on any atom is -0.442 e. The average Bonchev–Trinajstić information content (AvgIpc) is 2.95. The molecule has 160 valence electrons. The zero-order chi connectivity index (χ0) is 21.8. The third-order valence-electron chi connectivity index (χ3n) is 5.00. The Morgan fingerprint density at radius 1 is 1.38 bits per heavy atom. The summed E-state index contributed by atoms with van der Waals surface area (Å²) < 4.78 is 61.4. The number of halogens is 2. The number of hydrazine groups is 1. The first kappa shape index (κ1) is 21.4. The summed E-state index contributed by atoms with van der Waals surface area (Å²) in [5, 5.41) is -0.879. The van der Waals surface area contributed by atoms with Gasteiger partial charge in [0.05, 0.1) is 0 Å². The summed E-state index contributed by atoms with van der Waals surface area (Å²) in [6, 6.07) is 5.48. The molecule has 1 aromatic carbocycles. The number of benzene rings is 1. The van der Waals surface area contributed by atoms with Crippen LogP contribution in [0.15, 0.2) is 29.3 Å². The molecule has 1 aliphatic heterocycles. The summed E-state index contributed by atoms with van der Waals surface area (Å²) in [7, 11) is -3.04. The van der Waals surface area contributed by atoms with Gasteiger partial charge in [0.1, 0.15) is 28.4 Å². The first-order chi connectivity index (χ1) is 13.3. The Morgan fingerprint density at radius 2 is 2.00 bits per heavy atom. The van der Waals surface area contributed by atoms with E-state index in [4.69, 9.17) is 10.6 Å². The lowest BCUT2D eigenvalue weighted by atomic mass is 9.88. The van der Waals surface area contributed by atoms with E-state index in [2.05, 4.69) is 4.99 Å². The number of guanidine groups is 1. The van der Waals surface area contributed by atoms with E-state index >= 15 is 0 Å². The SMILES string of the molecule is CN1C(N(N)C(=O)OC(C)(C)C)=NC2(c3ccccc3F)CC(F)CC2S1(=O)=O. The Morgan fingerprint density at radius 3 is 2.59 bits per heavy atom. The summed E-state index contributed by atoms with van der Waals surface area (Å²) >= 11 is 0. The highest BCUT2D eigenvalue weighted by Gasteiger charge is 2.61. The number of fused-ring (bicyclic) bond motifs is 1. The molecule has 29 heavy (non-hydrogen) atoms. The average molecular weight is 430 g/mol. The number of nitrogens with zero attached hydrogens (tertiary/aromatic N) is 3. The van der Waals surface area contributed by atoms with Gasteiger partial charge in [-0.05, 0) is 33.3 Å². The van der Waals surface area contributed by atoms with Crippen LogP contribution < -0.4 is 5.84 Å². The number of alkyl halides is 1. The second-order valence-corrected chi connectivity index (χ2v) is 10.4. The maximum absolute atomic E-state index is 14.7. The molecule has 11 heteroatoms. The molecule has 2 aliphatic rings. The molecule has 0 saturated heterocycles. The van der Waals surface area contributed by atoms with Crippen LogP contribution >= 0.6 is 0 Å². The fraction of sp³-hybridized carbons (Fsp3) is 0.556. The Balaban J connectivity index is 2.19. The molecular formula is C18H24F2N4O4S. The van der Waals surface area contributed by atoms with Crippen LogP contribution in [0.4, 0.5) is 13.6 Å². The molecule has 3 rings (SSSR count). The van der Waals surface area contributed by atoms with Gasteiger partial charge in [-0.25, -0.2) is 37.1 Å². The van der Waals surface area contributed by atoms with Gasteiger partial charge in [0.15, 0.2) is 0 Å². The van der Waals surface area contributed by atoms with Crippen LogP contribution in [0.5, 0.6) is 0 Å². The zero-order valence-corrected chi connectivity index (χ0v) is 17.4. The van der Waals surface area contributed by atoms with Gasteiger partial charge in [-0.1, -0.05) is 18.2 Å². The van der Waals surface area contributed by atoms with E-state index in [-0.39, 0.29) is 18.4 Å². The molecule has 0 spiro atoms. The second-order valence-electron chi connectivity index (χ2n) is 8.20. The molecule has 1 amide bonds. The Hall–Kier alpha value is -2.27.